The lowest BCUT2D eigenvalue weighted by atomic mass is 10.1. The number of anilines is 1. The lowest BCUT2D eigenvalue weighted by Gasteiger charge is -2.05. The molecule has 0 aliphatic carbocycles. The molecule has 0 saturated carbocycles. The molecule has 1 amide bonds. The van der Waals surface area contributed by atoms with Gasteiger partial charge in [-0.1, -0.05) is 0 Å². The van der Waals surface area contributed by atoms with Crippen molar-refractivity contribution in [2.45, 2.75) is 6.92 Å². The fourth-order valence-electron chi connectivity index (χ4n) is 1.56. The molecule has 14 heavy (non-hydrogen) atoms. The average Bonchev–Trinajstić information content (AvgIpc) is 2.43. The molecule has 72 valence electrons. The number of Topliss-reactive ketones (excluding diaryl/α,β-unsaturated/α-hetero) is 1. The minimum Gasteiger partial charge on any atom is -0.497 e. The standard InChI is InChI=1S/C10H9NO3/c1-5-3-6(14-2)4-7-8(5)9(12)10(13)11-7/h3-4H,1-2H3,(H,11,12,13). The van der Waals surface area contributed by atoms with E-state index >= 15 is 0 Å². The van der Waals surface area contributed by atoms with E-state index in [2.05, 4.69) is 5.32 Å². The predicted molar refractivity (Wildman–Crippen MR) is 50.7 cm³/mol. The van der Waals surface area contributed by atoms with Crippen LogP contribution < -0.4 is 10.1 Å². The molecule has 0 spiro atoms. The van der Waals surface area contributed by atoms with Crippen LogP contribution in [0.5, 0.6) is 5.75 Å². The monoisotopic (exact) mass is 191 g/mol. The smallest absolute Gasteiger partial charge is 0.296 e. The SMILES string of the molecule is COc1cc(C)c2c(c1)NC(=O)C2=O. The van der Waals surface area contributed by atoms with E-state index in [1.165, 1.54) is 0 Å². The van der Waals surface area contributed by atoms with Gasteiger partial charge in [-0.25, -0.2) is 0 Å². The van der Waals surface area contributed by atoms with Crippen LogP contribution in [0.15, 0.2) is 12.1 Å². The maximum Gasteiger partial charge on any atom is 0.296 e. The van der Waals surface area contributed by atoms with Crippen LogP contribution in [0.4, 0.5) is 5.69 Å². The van der Waals surface area contributed by atoms with Crippen molar-refractivity contribution < 1.29 is 14.3 Å². The molecule has 1 aromatic rings. The van der Waals surface area contributed by atoms with Crippen molar-refractivity contribution in [1.82, 2.24) is 0 Å². The zero-order valence-electron chi connectivity index (χ0n) is 7.88. The summed E-state index contributed by atoms with van der Waals surface area (Å²) < 4.78 is 5.03. The maximum atomic E-state index is 11.4. The molecule has 1 heterocycles. The third kappa shape index (κ3) is 1.08. The molecule has 1 aromatic carbocycles. The van der Waals surface area contributed by atoms with Crippen LogP contribution in [-0.2, 0) is 4.79 Å². The van der Waals surface area contributed by atoms with Crippen molar-refractivity contribution in [1.29, 1.82) is 0 Å². The number of fused-ring (bicyclic) bond motifs is 1. The number of carbonyl (C=O) groups is 2. The number of aryl methyl sites for hydroxylation is 1. The van der Waals surface area contributed by atoms with Gasteiger partial charge in [-0.15, -0.1) is 0 Å². The summed E-state index contributed by atoms with van der Waals surface area (Å²) in [5, 5.41) is 2.49. The van der Waals surface area contributed by atoms with Gasteiger partial charge in [0.2, 0.25) is 0 Å². The van der Waals surface area contributed by atoms with Gasteiger partial charge in [-0.2, -0.15) is 0 Å². The van der Waals surface area contributed by atoms with Crippen LogP contribution >= 0.6 is 0 Å². The third-order valence-electron chi connectivity index (χ3n) is 2.23. The maximum absolute atomic E-state index is 11.4. The first kappa shape index (κ1) is 8.74. The molecule has 1 N–H and O–H groups in total. The van der Waals surface area contributed by atoms with Gasteiger partial charge < -0.3 is 10.1 Å². The van der Waals surface area contributed by atoms with E-state index in [1.54, 1.807) is 26.2 Å². The van der Waals surface area contributed by atoms with Crippen molar-refractivity contribution >= 4 is 17.4 Å². The number of hydrogen-bond acceptors (Lipinski definition) is 3. The van der Waals surface area contributed by atoms with Crippen LogP contribution in [0.3, 0.4) is 0 Å². The first-order chi connectivity index (χ1) is 6.63. The summed E-state index contributed by atoms with van der Waals surface area (Å²) >= 11 is 0. The zero-order chi connectivity index (χ0) is 10.3. The summed E-state index contributed by atoms with van der Waals surface area (Å²) in [6.45, 7) is 1.78. The van der Waals surface area contributed by atoms with E-state index in [1.807, 2.05) is 0 Å². The van der Waals surface area contributed by atoms with E-state index in [9.17, 15) is 9.59 Å². The average molecular weight is 191 g/mol. The highest BCUT2D eigenvalue weighted by atomic mass is 16.5. The van der Waals surface area contributed by atoms with Gasteiger partial charge >= 0.3 is 0 Å². The van der Waals surface area contributed by atoms with Crippen molar-refractivity contribution in [3.8, 4) is 5.75 Å². The van der Waals surface area contributed by atoms with E-state index in [-0.39, 0.29) is 0 Å². The van der Waals surface area contributed by atoms with Crippen LogP contribution in [-0.4, -0.2) is 18.8 Å². The summed E-state index contributed by atoms with van der Waals surface area (Å²) in [6, 6.07) is 3.38. The second kappa shape index (κ2) is 2.83. The van der Waals surface area contributed by atoms with Gasteiger partial charge in [0, 0.05) is 6.07 Å². The zero-order valence-corrected chi connectivity index (χ0v) is 7.88. The summed E-state index contributed by atoms with van der Waals surface area (Å²) in [6.07, 6.45) is 0. The predicted octanol–water partition coefficient (Wildman–Crippen LogP) is 1.14. The molecular weight excluding hydrogens is 182 g/mol. The molecule has 0 fully saturated rings. The summed E-state index contributed by atoms with van der Waals surface area (Å²) in [4.78, 5) is 22.4. The number of benzene rings is 1. The molecule has 1 aliphatic heterocycles. The van der Waals surface area contributed by atoms with E-state index < -0.39 is 11.7 Å². The summed E-state index contributed by atoms with van der Waals surface area (Å²) in [7, 11) is 1.54. The van der Waals surface area contributed by atoms with Gasteiger partial charge in [0.25, 0.3) is 11.7 Å². The lowest BCUT2D eigenvalue weighted by Crippen LogP contribution is -2.12. The summed E-state index contributed by atoms with van der Waals surface area (Å²) in [5.74, 6) is -0.409. The Balaban J connectivity index is 2.63. The van der Waals surface area contributed by atoms with Gasteiger partial charge in [0.1, 0.15) is 5.75 Å². The number of ketones is 1. The van der Waals surface area contributed by atoms with Crippen molar-refractivity contribution in [2.75, 3.05) is 12.4 Å². The van der Waals surface area contributed by atoms with Gasteiger partial charge in [0.15, 0.2) is 0 Å². The number of carbonyl (C=O) groups excluding carboxylic acids is 2. The number of hydrogen-bond donors (Lipinski definition) is 1. The molecule has 4 nitrogen and oxygen atoms in total. The Hall–Kier alpha value is -1.84. The van der Waals surface area contributed by atoms with Crippen LogP contribution in [0.25, 0.3) is 0 Å². The Kier molecular flexibility index (Phi) is 1.77. The fourth-order valence-corrected chi connectivity index (χ4v) is 1.56. The number of methoxy groups -OCH3 is 1. The van der Waals surface area contributed by atoms with Crippen molar-refractivity contribution in [3.63, 3.8) is 0 Å². The Morgan fingerprint density at radius 3 is 2.64 bits per heavy atom. The second-order valence-corrected chi connectivity index (χ2v) is 3.15. The molecule has 0 radical (unpaired) electrons. The molecular formula is C10H9NO3. The highest BCUT2D eigenvalue weighted by Crippen LogP contribution is 2.30. The largest absolute Gasteiger partial charge is 0.497 e. The number of nitrogens with one attached hydrogen (secondary N) is 1. The van der Waals surface area contributed by atoms with E-state index in [4.69, 9.17) is 4.74 Å². The molecule has 4 heteroatoms. The third-order valence-corrected chi connectivity index (χ3v) is 2.23. The first-order valence-corrected chi connectivity index (χ1v) is 4.18. The Bertz CT molecular complexity index is 437. The molecule has 0 unspecified atom stereocenters. The van der Waals surface area contributed by atoms with Gasteiger partial charge in [-0.3, -0.25) is 9.59 Å². The summed E-state index contributed by atoms with van der Waals surface area (Å²) in [5.41, 5.74) is 1.75. The molecule has 0 aromatic heterocycles. The fraction of sp³-hybridized carbons (Fsp3) is 0.200. The number of ether oxygens (including phenoxy) is 1. The molecule has 0 bridgehead atoms. The normalized spacial score (nSPS) is 13.9. The number of amides is 1. The van der Waals surface area contributed by atoms with E-state index in [0.717, 1.165) is 5.56 Å². The molecule has 2 rings (SSSR count). The number of rotatable bonds is 1. The van der Waals surface area contributed by atoms with E-state index in [0.29, 0.717) is 17.0 Å². The minimum absolute atomic E-state index is 0.454. The molecule has 0 saturated heterocycles. The Morgan fingerprint density at radius 2 is 2.00 bits per heavy atom. The first-order valence-electron chi connectivity index (χ1n) is 4.18. The molecule has 0 atom stereocenters. The Morgan fingerprint density at radius 1 is 1.29 bits per heavy atom. The topological polar surface area (TPSA) is 55.4 Å². The van der Waals surface area contributed by atoms with Crippen molar-refractivity contribution in [3.05, 3.63) is 23.3 Å². The highest BCUT2D eigenvalue weighted by molar-refractivity contribution is 6.52. The Labute approximate surface area is 80.9 Å². The lowest BCUT2D eigenvalue weighted by molar-refractivity contribution is -0.112. The highest BCUT2D eigenvalue weighted by Gasteiger charge is 2.29. The van der Waals surface area contributed by atoms with Gasteiger partial charge in [0.05, 0.1) is 18.4 Å². The quantitative estimate of drug-likeness (QED) is 0.677. The molecule has 1 aliphatic rings. The van der Waals surface area contributed by atoms with Crippen LogP contribution in [0, 0.1) is 6.92 Å². The van der Waals surface area contributed by atoms with Crippen LogP contribution in [0.1, 0.15) is 15.9 Å². The second-order valence-electron chi connectivity index (χ2n) is 3.15. The minimum atomic E-state index is -0.573. The van der Waals surface area contributed by atoms with Gasteiger partial charge in [-0.05, 0) is 18.6 Å². The van der Waals surface area contributed by atoms with Crippen LogP contribution in [0.2, 0.25) is 0 Å². The van der Waals surface area contributed by atoms with Crippen molar-refractivity contribution in [2.24, 2.45) is 0 Å².